The Balaban J connectivity index is 2.32. The fourth-order valence-corrected chi connectivity index (χ4v) is 3.10. The summed E-state index contributed by atoms with van der Waals surface area (Å²) in [6.07, 6.45) is 3.78. The summed E-state index contributed by atoms with van der Waals surface area (Å²) in [6.45, 7) is 4.66. The topological polar surface area (TPSA) is 12.5 Å². The standard InChI is InChI=1S/C15H23NO/c1-4-8-15(9-10-16(2)12-15)13-6-5-7-14(11-13)17-3/h5-7,11H,4,8-10,12H2,1-3H3/t15-/m1/s1. The van der Waals surface area contributed by atoms with Gasteiger partial charge >= 0.3 is 0 Å². The van der Waals surface area contributed by atoms with Crippen LogP contribution < -0.4 is 4.74 Å². The zero-order chi connectivity index (χ0) is 12.3. The molecular weight excluding hydrogens is 210 g/mol. The fraction of sp³-hybridized carbons (Fsp3) is 0.600. The molecule has 0 aromatic heterocycles. The molecule has 1 heterocycles. The van der Waals surface area contributed by atoms with Gasteiger partial charge in [0, 0.05) is 12.0 Å². The summed E-state index contributed by atoms with van der Waals surface area (Å²) in [5, 5.41) is 0. The van der Waals surface area contributed by atoms with E-state index < -0.39 is 0 Å². The van der Waals surface area contributed by atoms with E-state index in [2.05, 4.69) is 37.1 Å². The third-order valence-electron chi connectivity index (χ3n) is 3.96. The van der Waals surface area contributed by atoms with E-state index in [-0.39, 0.29) is 0 Å². The molecule has 1 aliphatic heterocycles. The number of hydrogen-bond acceptors (Lipinski definition) is 2. The largest absolute Gasteiger partial charge is 0.497 e. The Morgan fingerprint density at radius 2 is 2.24 bits per heavy atom. The highest BCUT2D eigenvalue weighted by Gasteiger charge is 2.37. The van der Waals surface area contributed by atoms with Crippen LogP contribution in [0.3, 0.4) is 0 Å². The molecule has 0 saturated carbocycles. The molecule has 1 atom stereocenters. The molecule has 1 aromatic carbocycles. The molecule has 0 bridgehead atoms. The van der Waals surface area contributed by atoms with Crippen molar-refractivity contribution in [3.05, 3.63) is 29.8 Å². The third-order valence-corrected chi connectivity index (χ3v) is 3.96. The van der Waals surface area contributed by atoms with Gasteiger partial charge in [0.25, 0.3) is 0 Å². The first-order valence-electron chi connectivity index (χ1n) is 6.53. The van der Waals surface area contributed by atoms with Crippen molar-refractivity contribution in [3.63, 3.8) is 0 Å². The molecule has 1 fully saturated rings. The summed E-state index contributed by atoms with van der Waals surface area (Å²) >= 11 is 0. The highest BCUT2D eigenvalue weighted by Crippen LogP contribution is 2.39. The fourth-order valence-electron chi connectivity index (χ4n) is 3.10. The molecule has 0 unspecified atom stereocenters. The van der Waals surface area contributed by atoms with Crippen LogP contribution >= 0.6 is 0 Å². The van der Waals surface area contributed by atoms with Crippen molar-refractivity contribution in [3.8, 4) is 5.75 Å². The van der Waals surface area contributed by atoms with E-state index in [1.54, 1.807) is 7.11 Å². The van der Waals surface area contributed by atoms with E-state index in [4.69, 9.17) is 4.74 Å². The lowest BCUT2D eigenvalue weighted by Crippen LogP contribution is -2.29. The first-order valence-corrected chi connectivity index (χ1v) is 6.53. The van der Waals surface area contributed by atoms with Gasteiger partial charge in [0.1, 0.15) is 5.75 Å². The number of likely N-dealkylation sites (N-methyl/N-ethyl adjacent to an activating group) is 1. The quantitative estimate of drug-likeness (QED) is 0.792. The molecule has 2 rings (SSSR count). The van der Waals surface area contributed by atoms with Crippen LogP contribution in [0, 0.1) is 0 Å². The minimum absolute atomic E-state index is 0.345. The van der Waals surface area contributed by atoms with Crippen LogP contribution in [0.25, 0.3) is 0 Å². The zero-order valence-electron chi connectivity index (χ0n) is 11.2. The lowest BCUT2D eigenvalue weighted by atomic mass is 9.76. The molecule has 0 amide bonds. The summed E-state index contributed by atoms with van der Waals surface area (Å²) in [7, 11) is 3.96. The van der Waals surface area contributed by atoms with E-state index in [0.29, 0.717) is 5.41 Å². The number of ether oxygens (including phenoxy) is 1. The Morgan fingerprint density at radius 1 is 1.41 bits per heavy atom. The van der Waals surface area contributed by atoms with Crippen molar-refractivity contribution in [2.45, 2.75) is 31.6 Å². The molecule has 1 aromatic rings. The van der Waals surface area contributed by atoms with Gasteiger partial charge in [0.15, 0.2) is 0 Å². The molecule has 2 nitrogen and oxygen atoms in total. The first-order chi connectivity index (χ1) is 8.20. The Bertz CT molecular complexity index is 373. The monoisotopic (exact) mass is 233 g/mol. The lowest BCUT2D eigenvalue weighted by Gasteiger charge is -2.29. The van der Waals surface area contributed by atoms with Gasteiger partial charge in [-0.25, -0.2) is 0 Å². The lowest BCUT2D eigenvalue weighted by molar-refractivity contribution is 0.349. The number of methoxy groups -OCH3 is 1. The normalized spacial score (nSPS) is 25.1. The van der Waals surface area contributed by atoms with Gasteiger partial charge in [-0.1, -0.05) is 25.5 Å². The van der Waals surface area contributed by atoms with Crippen molar-refractivity contribution in [2.24, 2.45) is 0 Å². The Morgan fingerprint density at radius 3 is 2.82 bits per heavy atom. The SMILES string of the molecule is CCC[C@@]1(c2cccc(OC)c2)CCN(C)C1. The maximum atomic E-state index is 5.35. The predicted octanol–water partition coefficient (Wildman–Crippen LogP) is 3.07. The highest BCUT2D eigenvalue weighted by atomic mass is 16.5. The summed E-state index contributed by atoms with van der Waals surface area (Å²) in [4.78, 5) is 2.44. The predicted molar refractivity (Wildman–Crippen MR) is 71.7 cm³/mol. The maximum Gasteiger partial charge on any atom is 0.119 e. The van der Waals surface area contributed by atoms with E-state index >= 15 is 0 Å². The minimum atomic E-state index is 0.345. The molecule has 1 aliphatic rings. The molecule has 2 heteroatoms. The third kappa shape index (κ3) is 2.47. The number of likely N-dealkylation sites (tertiary alicyclic amines) is 1. The number of hydrogen-bond donors (Lipinski definition) is 0. The highest BCUT2D eigenvalue weighted by molar-refractivity contribution is 5.35. The van der Waals surface area contributed by atoms with Gasteiger partial charge < -0.3 is 9.64 Å². The van der Waals surface area contributed by atoms with Crippen LogP contribution in [-0.4, -0.2) is 32.1 Å². The van der Waals surface area contributed by atoms with Gasteiger partial charge in [-0.05, 0) is 44.1 Å². The van der Waals surface area contributed by atoms with Crippen LogP contribution in [0.4, 0.5) is 0 Å². The van der Waals surface area contributed by atoms with E-state index in [1.165, 1.54) is 37.9 Å². The summed E-state index contributed by atoms with van der Waals surface area (Å²) in [5.74, 6) is 0.979. The van der Waals surface area contributed by atoms with Crippen molar-refractivity contribution < 1.29 is 4.74 Å². The van der Waals surface area contributed by atoms with Gasteiger partial charge in [0.05, 0.1) is 7.11 Å². The van der Waals surface area contributed by atoms with Crippen molar-refractivity contribution in [2.75, 3.05) is 27.2 Å². The Labute approximate surface area is 105 Å². The average Bonchev–Trinajstić information content (AvgIpc) is 2.73. The molecule has 1 saturated heterocycles. The summed E-state index contributed by atoms with van der Waals surface area (Å²) < 4.78 is 5.35. The van der Waals surface area contributed by atoms with E-state index in [9.17, 15) is 0 Å². The van der Waals surface area contributed by atoms with Crippen molar-refractivity contribution in [1.29, 1.82) is 0 Å². The van der Waals surface area contributed by atoms with Crippen LogP contribution in [0.15, 0.2) is 24.3 Å². The number of rotatable bonds is 4. The number of benzene rings is 1. The zero-order valence-corrected chi connectivity index (χ0v) is 11.2. The van der Waals surface area contributed by atoms with Gasteiger partial charge in [-0.2, -0.15) is 0 Å². The molecule has 17 heavy (non-hydrogen) atoms. The van der Waals surface area contributed by atoms with Gasteiger partial charge in [-0.3, -0.25) is 0 Å². The minimum Gasteiger partial charge on any atom is -0.497 e. The second-order valence-corrected chi connectivity index (χ2v) is 5.25. The molecule has 0 spiro atoms. The molecule has 94 valence electrons. The van der Waals surface area contributed by atoms with Crippen molar-refractivity contribution in [1.82, 2.24) is 4.90 Å². The van der Waals surface area contributed by atoms with Crippen molar-refractivity contribution >= 4 is 0 Å². The van der Waals surface area contributed by atoms with Crippen LogP contribution in [-0.2, 0) is 5.41 Å². The van der Waals surface area contributed by atoms with E-state index in [1.807, 2.05) is 6.07 Å². The first kappa shape index (κ1) is 12.4. The van der Waals surface area contributed by atoms with Crippen LogP contribution in [0.1, 0.15) is 31.7 Å². The second-order valence-electron chi connectivity index (χ2n) is 5.25. The maximum absolute atomic E-state index is 5.35. The van der Waals surface area contributed by atoms with Gasteiger partial charge in [0.2, 0.25) is 0 Å². The number of nitrogens with zero attached hydrogens (tertiary/aromatic N) is 1. The average molecular weight is 233 g/mol. The Kier molecular flexibility index (Phi) is 3.72. The Hall–Kier alpha value is -1.02. The molecule has 0 aliphatic carbocycles. The van der Waals surface area contributed by atoms with E-state index in [0.717, 1.165) is 5.75 Å². The van der Waals surface area contributed by atoms with Crippen LogP contribution in [0.5, 0.6) is 5.75 Å². The molecule has 0 N–H and O–H groups in total. The van der Waals surface area contributed by atoms with Crippen LogP contribution in [0.2, 0.25) is 0 Å². The molecular formula is C15H23NO. The summed E-state index contributed by atoms with van der Waals surface area (Å²) in [5.41, 5.74) is 1.79. The van der Waals surface area contributed by atoms with Gasteiger partial charge in [-0.15, -0.1) is 0 Å². The second kappa shape index (κ2) is 5.09. The molecule has 0 radical (unpaired) electrons. The smallest absolute Gasteiger partial charge is 0.119 e. The summed E-state index contributed by atoms with van der Waals surface area (Å²) in [6, 6.07) is 8.62.